The van der Waals surface area contributed by atoms with Crippen molar-refractivity contribution in [3.63, 3.8) is 0 Å². The minimum absolute atomic E-state index is 0.583. The molecule has 156 valence electrons. The van der Waals surface area contributed by atoms with E-state index in [1.165, 1.54) is 64.2 Å². The summed E-state index contributed by atoms with van der Waals surface area (Å²) in [5.41, 5.74) is 1.01. The maximum atomic E-state index is 5.80. The van der Waals surface area contributed by atoms with Crippen molar-refractivity contribution in [3.8, 4) is 29.4 Å². The van der Waals surface area contributed by atoms with Crippen LogP contribution in [-0.2, 0) is 0 Å². The van der Waals surface area contributed by atoms with Gasteiger partial charge in [-0.15, -0.1) is 0 Å². The lowest BCUT2D eigenvalue weighted by atomic mass is 9.80. The Bertz CT molecular complexity index is 697. The summed E-state index contributed by atoms with van der Waals surface area (Å²) in [5.74, 6) is 15.3. The zero-order chi connectivity index (χ0) is 20.6. The molecule has 29 heavy (non-hydrogen) atoms. The van der Waals surface area contributed by atoms with E-state index in [0.29, 0.717) is 5.92 Å². The molecule has 1 aliphatic carbocycles. The molecule has 1 heteroatoms. The number of ether oxygens (including phenoxy) is 1. The highest BCUT2D eigenvalue weighted by atomic mass is 16.5. The van der Waals surface area contributed by atoms with Crippen LogP contribution in [0.2, 0.25) is 0 Å². The first kappa shape index (κ1) is 23.2. The van der Waals surface area contributed by atoms with Crippen LogP contribution in [0, 0.1) is 35.5 Å². The van der Waals surface area contributed by atoms with Crippen LogP contribution in [0.1, 0.15) is 90.0 Å². The van der Waals surface area contributed by atoms with E-state index in [1.54, 1.807) is 0 Å². The van der Waals surface area contributed by atoms with Crippen LogP contribution in [0.25, 0.3) is 0 Å². The van der Waals surface area contributed by atoms with Crippen LogP contribution in [0.5, 0.6) is 5.75 Å². The van der Waals surface area contributed by atoms with E-state index in [1.807, 2.05) is 36.4 Å². The molecule has 0 radical (unpaired) electrons. The molecular weight excluding hydrogens is 352 g/mol. The van der Waals surface area contributed by atoms with Gasteiger partial charge in [0.25, 0.3) is 0 Å². The van der Waals surface area contributed by atoms with Crippen molar-refractivity contribution < 1.29 is 4.74 Å². The summed E-state index contributed by atoms with van der Waals surface area (Å²) >= 11 is 0. The van der Waals surface area contributed by atoms with Gasteiger partial charge in [-0.25, -0.2) is 0 Å². The zero-order valence-corrected chi connectivity index (χ0v) is 18.5. The van der Waals surface area contributed by atoms with Crippen molar-refractivity contribution in [3.05, 3.63) is 42.0 Å². The third-order valence-corrected chi connectivity index (χ3v) is 5.67. The van der Waals surface area contributed by atoms with Crippen molar-refractivity contribution in [2.75, 3.05) is 6.61 Å². The lowest BCUT2D eigenvalue weighted by Crippen LogP contribution is -2.12. The number of unbranched alkanes of at least 4 members (excludes halogenated alkanes) is 4. The fraction of sp³-hybridized carbons (Fsp3) is 0.571. The summed E-state index contributed by atoms with van der Waals surface area (Å²) in [6, 6.07) is 8.06. The Morgan fingerprint density at radius 3 is 2.31 bits per heavy atom. The molecule has 0 N–H and O–H groups in total. The quantitative estimate of drug-likeness (QED) is 0.312. The fourth-order valence-corrected chi connectivity index (χ4v) is 3.91. The molecule has 1 nitrogen and oxygen atoms in total. The van der Waals surface area contributed by atoms with Gasteiger partial charge in [-0.2, -0.15) is 0 Å². The van der Waals surface area contributed by atoms with Gasteiger partial charge < -0.3 is 4.74 Å². The monoisotopic (exact) mass is 390 g/mol. The van der Waals surface area contributed by atoms with Crippen LogP contribution in [0.4, 0.5) is 0 Å². The Morgan fingerprint density at radius 2 is 1.59 bits per heavy atom. The SMILES string of the molecule is CCCCCCCOc1ccc(C#C/C=C/C#CC2CCC(CCC)CC2)cc1. The largest absolute Gasteiger partial charge is 0.494 e. The van der Waals surface area contributed by atoms with Gasteiger partial charge in [0.05, 0.1) is 6.61 Å². The molecule has 0 amide bonds. The third kappa shape index (κ3) is 10.3. The Hall–Kier alpha value is -2.12. The van der Waals surface area contributed by atoms with Gasteiger partial charge >= 0.3 is 0 Å². The first-order chi connectivity index (χ1) is 14.3. The summed E-state index contributed by atoms with van der Waals surface area (Å²) in [6.45, 7) is 5.33. The number of benzene rings is 1. The predicted molar refractivity (Wildman–Crippen MR) is 125 cm³/mol. The number of hydrogen-bond acceptors (Lipinski definition) is 1. The Labute approximate surface area is 179 Å². The van der Waals surface area contributed by atoms with Crippen LogP contribution in [0.3, 0.4) is 0 Å². The smallest absolute Gasteiger partial charge is 0.119 e. The molecule has 0 saturated heterocycles. The number of allylic oxidation sites excluding steroid dienone is 2. The average molecular weight is 391 g/mol. The summed E-state index contributed by atoms with van der Waals surface area (Å²) in [7, 11) is 0. The van der Waals surface area contributed by atoms with Gasteiger partial charge in [-0.1, -0.05) is 76.1 Å². The van der Waals surface area contributed by atoms with Crippen molar-refractivity contribution in [2.24, 2.45) is 11.8 Å². The predicted octanol–water partition coefficient (Wildman–Crippen LogP) is 7.55. The van der Waals surface area contributed by atoms with E-state index in [4.69, 9.17) is 4.74 Å². The normalized spacial score (nSPS) is 18.6. The van der Waals surface area contributed by atoms with Crippen LogP contribution in [-0.4, -0.2) is 6.61 Å². The Morgan fingerprint density at radius 1 is 0.862 bits per heavy atom. The second kappa shape index (κ2) is 14.8. The number of hydrogen-bond donors (Lipinski definition) is 0. The number of rotatable bonds is 9. The Kier molecular flexibility index (Phi) is 11.8. The molecule has 0 atom stereocenters. The van der Waals surface area contributed by atoms with E-state index < -0.39 is 0 Å². The van der Waals surface area contributed by atoms with Gasteiger partial charge in [0.1, 0.15) is 5.75 Å². The summed E-state index contributed by atoms with van der Waals surface area (Å²) in [4.78, 5) is 0. The van der Waals surface area contributed by atoms with Crippen molar-refractivity contribution >= 4 is 0 Å². The third-order valence-electron chi connectivity index (χ3n) is 5.67. The van der Waals surface area contributed by atoms with E-state index in [0.717, 1.165) is 30.3 Å². The molecular formula is C28H38O. The van der Waals surface area contributed by atoms with Crippen molar-refractivity contribution in [2.45, 2.75) is 84.5 Å². The molecule has 0 spiro atoms. The van der Waals surface area contributed by atoms with E-state index in [-0.39, 0.29) is 0 Å². The van der Waals surface area contributed by atoms with Crippen molar-refractivity contribution in [1.82, 2.24) is 0 Å². The lowest BCUT2D eigenvalue weighted by molar-refractivity contribution is 0.300. The second-order valence-electron chi connectivity index (χ2n) is 8.18. The second-order valence-corrected chi connectivity index (χ2v) is 8.18. The standard InChI is InChI=1S/C28H38O/c1-3-5-6-9-12-24-29-28-22-20-27(21-23-28)15-11-8-7-10-14-26-18-16-25(13-4-2)17-19-26/h7-8,20-23,25-26H,3-6,9,12-13,16-19,24H2,1-2H3/b8-7+. The molecule has 0 unspecified atom stereocenters. The summed E-state index contributed by atoms with van der Waals surface area (Å²) in [5, 5.41) is 0. The van der Waals surface area contributed by atoms with Crippen LogP contribution in [0.15, 0.2) is 36.4 Å². The average Bonchev–Trinajstić information content (AvgIpc) is 2.75. The summed E-state index contributed by atoms with van der Waals surface area (Å²) < 4.78 is 5.80. The highest BCUT2D eigenvalue weighted by molar-refractivity contribution is 5.40. The van der Waals surface area contributed by atoms with Gasteiger partial charge in [-0.3, -0.25) is 0 Å². The zero-order valence-electron chi connectivity index (χ0n) is 18.5. The highest BCUT2D eigenvalue weighted by Gasteiger charge is 2.18. The van der Waals surface area contributed by atoms with Crippen LogP contribution < -0.4 is 4.74 Å². The summed E-state index contributed by atoms with van der Waals surface area (Å²) in [6.07, 6.45) is 18.0. The minimum atomic E-state index is 0.583. The van der Waals surface area contributed by atoms with E-state index in [9.17, 15) is 0 Å². The molecule has 1 aliphatic rings. The fourth-order valence-electron chi connectivity index (χ4n) is 3.91. The van der Waals surface area contributed by atoms with Gasteiger partial charge in [0.15, 0.2) is 0 Å². The van der Waals surface area contributed by atoms with Crippen molar-refractivity contribution in [1.29, 1.82) is 0 Å². The van der Waals surface area contributed by atoms with Crippen LogP contribution >= 0.6 is 0 Å². The molecule has 0 aliphatic heterocycles. The maximum absolute atomic E-state index is 5.80. The Balaban J connectivity index is 1.66. The first-order valence-electron chi connectivity index (χ1n) is 11.7. The highest BCUT2D eigenvalue weighted by Crippen LogP contribution is 2.30. The molecule has 2 rings (SSSR count). The molecule has 1 saturated carbocycles. The van der Waals surface area contributed by atoms with Gasteiger partial charge in [0.2, 0.25) is 0 Å². The molecule has 1 aromatic rings. The molecule has 1 aromatic carbocycles. The molecule has 0 aromatic heterocycles. The topological polar surface area (TPSA) is 9.23 Å². The lowest BCUT2D eigenvalue weighted by Gasteiger charge is -2.25. The van der Waals surface area contributed by atoms with Gasteiger partial charge in [-0.05, 0) is 74.4 Å². The molecule has 1 fully saturated rings. The van der Waals surface area contributed by atoms with E-state index >= 15 is 0 Å². The minimum Gasteiger partial charge on any atom is -0.494 e. The van der Waals surface area contributed by atoms with E-state index in [2.05, 4.69) is 37.5 Å². The molecule has 0 heterocycles. The van der Waals surface area contributed by atoms with Gasteiger partial charge in [0, 0.05) is 11.5 Å². The molecule has 0 bridgehead atoms. The maximum Gasteiger partial charge on any atom is 0.119 e. The first-order valence-corrected chi connectivity index (χ1v) is 11.7.